The molecule has 0 bridgehead atoms. The maximum atomic E-state index is 11.2. The molecule has 0 radical (unpaired) electrons. The van der Waals surface area contributed by atoms with Crippen molar-refractivity contribution in [3.8, 4) is 0 Å². The molecule has 0 saturated heterocycles. The van der Waals surface area contributed by atoms with Crippen LogP contribution in [0.1, 0.15) is 30.0 Å². The second kappa shape index (κ2) is 4.08. The summed E-state index contributed by atoms with van der Waals surface area (Å²) in [6.45, 7) is 3.62. The summed E-state index contributed by atoms with van der Waals surface area (Å²) >= 11 is 0. The van der Waals surface area contributed by atoms with Crippen molar-refractivity contribution in [2.75, 3.05) is 5.32 Å². The Bertz CT molecular complexity index is 463. The molecule has 84 valence electrons. The number of nitrogens with one attached hydrogen (secondary N) is 1. The maximum Gasteiger partial charge on any atom is 0.224 e. The Morgan fingerprint density at radius 2 is 2.12 bits per heavy atom. The van der Waals surface area contributed by atoms with E-state index in [2.05, 4.69) is 5.32 Å². The number of hydrogen-bond acceptors (Lipinski definition) is 2. The monoisotopic (exact) mass is 217 g/mol. The van der Waals surface area contributed by atoms with Gasteiger partial charge in [-0.2, -0.15) is 0 Å². The molecule has 0 atom stereocenters. The van der Waals surface area contributed by atoms with Crippen molar-refractivity contribution in [3.63, 3.8) is 0 Å². The van der Waals surface area contributed by atoms with Crippen LogP contribution in [0.5, 0.6) is 0 Å². The minimum Gasteiger partial charge on any atom is -0.326 e. The molecule has 1 N–H and O–H groups in total. The van der Waals surface area contributed by atoms with E-state index in [0.29, 0.717) is 12.8 Å². The maximum absolute atomic E-state index is 11.2. The van der Waals surface area contributed by atoms with E-state index < -0.39 is 0 Å². The number of carbonyl (C=O) groups excluding carboxylic acids is 2. The van der Waals surface area contributed by atoms with Crippen LogP contribution in [0, 0.1) is 6.92 Å². The number of benzene rings is 1. The van der Waals surface area contributed by atoms with Crippen molar-refractivity contribution in [2.24, 2.45) is 0 Å². The number of anilines is 1. The highest BCUT2D eigenvalue weighted by Crippen LogP contribution is 2.28. The third kappa shape index (κ3) is 1.98. The predicted octanol–water partition coefficient (Wildman–Crippen LogP) is 2.01. The van der Waals surface area contributed by atoms with E-state index in [-0.39, 0.29) is 11.7 Å². The van der Waals surface area contributed by atoms with Gasteiger partial charge in [-0.05, 0) is 43.0 Å². The van der Waals surface area contributed by atoms with Crippen molar-refractivity contribution in [1.82, 2.24) is 0 Å². The van der Waals surface area contributed by atoms with Crippen LogP contribution < -0.4 is 5.32 Å². The third-order valence-corrected chi connectivity index (χ3v) is 3.03. The second-order valence-corrected chi connectivity index (χ2v) is 4.30. The molecule has 1 aromatic carbocycles. The van der Waals surface area contributed by atoms with Gasteiger partial charge in [-0.15, -0.1) is 0 Å². The van der Waals surface area contributed by atoms with Gasteiger partial charge in [0.2, 0.25) is 5.91 Å². The molecule has 0 aliphatic carbocycles. The van der Waals surface area contributed by atoms with Crippen molar-refractivity contribution in [1.29, 1.82) is 0 Å². The number of Topliss-reactive ketones (excluding diaryl/α,β-unsaturated/α-hetero) is 1. The fourth-order valence-corrected chi connectivity index (χ4v) is 2.16. The number of rotatable bonds is 2. The summed E-state index contributed by atoms with van der Waals surface area (Å²) in [5.74, 6) is 0.245. The number of carbonyl (C=O) groups is 2. The number of ketones is 1. The Hall–Kier alpha value is -1.64. The highest BCUT2D eigenvalue weighted by Gasteiger charge is 2.18. The molecule has 1 amide bonds. The molecular formula is C13H15NO2. The van der Waals surface area contributed by atoms with Gasteiger partial charge in [-0.1, -0.05) is 6.07 Å². The zero-order valence-electron chi connectivity index (χ0n) is 9.59. The Balaban J connectivity index is 2.39. The second-order valence-electron chi connectivity index (χ2n) is 4.30. The third-order valence-electron chi connectivity index (χ3n) is 3.03. The van der Waals surface area contributed by atoms with Crippen LogP contribution in [0.4, 0.5) is 5.69 Å². The quantitative estimate of drug-likeness (QED) is 0.823. The number of fused-ring (bicyclic) bond motifs is 1. The molecule has 1 aliphatic rings. The van der Waals surface area contributed by atoms with Crippen LogP contribution >= 0.6 is 0 Å². The van der Waals surface area contributed by atoms with Gasteiger partial charge in [0, 0.05) is 18.5 Å². The highest BCUT2D eigenvalue weighted by atomic mass is 16.1. The van der Waals surface area contributed by atoms with Gasteiger partial charge in [0.15, 0.2) is 0 Å². The SMILES string of the molecule is CC(=O)Cc1ccc2c(c1C)CCC(=O)N2. The van der Waals surface area contributed by atoms with Crippen LogP contribution in [0.25, 0.3) is 0 Å². The van der Waals surface area contributed by atoms with E-state index in [1.165, 1.54) is 5.56 Å². The number of amides is 1. The van der Waals surface area contributed by atoms with Gasteiger partial charge in [0.05, 0.1) is 0 Å². The fourth-order valence-electron chi connectivity index (χ4n) is 2.16. The zero-order chi connectivity index (χ0) is 11.7. The average Bonchev–Trinajstić information content (AvgIpc) is 2.22. The molecule has 2 rings (SSSR count). The van der Waals surface area contributed by atoms with Crippen molar-refractivity contribution in [3.05, 3.63) is 28.8 Å². The molecule has 0 fully saturated rings. The van der Waals surface area contributed by atoms with Gasteiger partial charge < -0.3 is 5.32 Å². The minimum absolute atomic E-state index is 0.0752. The lowest BCUT2D eigenvalue weighted by Gasteiger charge is -2.20. The van der Waals surface area contributed by atoms with Gasteiger partial charge in [-0.25, -0.2) is 0 Å². The topological polar surface area (TPSA) is 46.2 Å². The van der Waals surface area contributed by atoms with Crippen molar-refractivity contribution < 1.29 is 9.59 Å². The predicted molar refractivity (Wildman–Crippen MR) is 62.5 cm³/mol. The first-order valence-corrected chi connectivity index (χ1v) is 5.48. The van der Waals surface area contributed by atoms with Crippen molar-refractivity contribution in [2.45, 2.75) is 33.1 Å². The summed E-state index contributed by atoms with van der Waals surface area (Å²) in [6.07, 6.45) is 1.79. The Morgan fingerprint density at radius 3 is 2.81 bits per heavy atom. The standard InChI is InChI=1S/C13H15NO2/c1-8(15)7-10-3-5-12-11(9(10)2)4-6-13(16)14-12/h3,5H,4,6-7H2,1-2H3,(H,14,16). The van der Waals surface area contributed by atoms with Crippen LogP contribution in [0.2, 0.25) is 0 Å². The zero-order valence-corrected chi connectivity index (χ0v) is 9.59. The summed E-state index contributed by atoms with van der Waals surface area (Å²) in [4.78, 5) is 22.4. The molecule has 0 saturated carbocycles. The van der Waals surface area contributed by atoms with Crippen LogP contribution in [0.15, 0.2) is 12.1 Å². The lowest BCUT2D eigenvalue weighted by molar-refractivity contribution is -0.117. The number of hydrogen-bond donors (Lipinski definition) is 1. The highest BCUT2D eigenvalue weighted by molar-refractivity contribution is 5.94. The Labute approximate surface area is 94.9 Å². The molecule has 16 heavy (non-hydrogen) atoms. The molecule has 1 heterocycles. The summed E-state index contributed by atoms with van der Waals surface area (Å²) in [5, 5.41) is 2.86. The van der Waals surface area contributed by atoms with Gasteiger partial charge in [0.25, 0.3) is 0 Å². The van der Waals surface area contributed by atoms with E-state index in [0.717, 1.165) is 23.2 Å². The van der Waals surface area contributed by atoms with E-state index in [1.807, 2.05) is 19.1 Å². The molecule has 0 aromatic heterocycles. The fraction of sp³-hybridized carbons (Fsp3) is 0.385. The first kappa shape index (κ1) is 10.9. The average molecular weight is 217 g/mol. The largest absolute Gasteiger partial charge is 0.326 e. The molecule has 1 aromatic rings. The van der Waals surface area contributed by atoms with Crippen LogP contribution in [-0.2, 0) is 22.4 Å². The molecule has 1 aliphatic heterocycles. The first-order valence-electron chi connectivity index (χ1n) is 5.48. The van der Waals surface area contributed by atoms with Gasteiger partial charge in [-0.3, -0.25) is 9.59 Å². The van der Waals surface area contributed by atoms with Gasteiger partial charge in [0.1, 0.15) is 5.78 Å². The Morgan fingerprint density at radius 1 is 1.38 bits per heavy atom. The van der Waals surface area contributed by atoms with Crippen molar-refractivity contribution >= 4 is 17.4 Å². The van der Waals surface area contributed by atoms with E-state index in [9.17, 15) is 9.59 Å². The minimum atomic E-state index is 0.0752. The van der Waals surface area contributed by atoms with E-state index in [4.69, 9.17) is 0 Å². The van der Waals surface area contributed by atoms with E-state index >= 15 is 0 Å². The molecule has 3 nitrogen and oxygen atoms in total. The van der Waals surface area contributed by atoms with E-state index in [1.54, 1.807) is 6.92 Å². The summed E-state index contributed by atoms with van der Waals surface area (Å²) in [7, 11) is 0. The smallest absolute Gasteiger partial charge is 0.224 e. The Kier molecular flexibility index (Phi) is 2.77. The van der Waals surface area contributed by atoms with Crippen LogP contribution in [-0.4, -0.2) is 11.7 Å². The molecular weight excluding hydrogens is 202 g/mol. The normalized spacial score (nSPS) is 14.2. The lowest BCUT2D eigenvalue weighted by Crippen LogP contribution is -2.20. The lowest BCUT2D eigenvalue weighted by atomic mass is 9.92. The summed E-state index contributed by atoms with van der Waals surface area (Å²) in [5.41, 5.74) is 4.30. The summed E-state index contributed by atoms with van der Waals surface area (Å²) in [6, 6.07) is 3.83. The molecule has 0 spiro atoms. The summed E-state index contributed by atoms with van der Waals surface area (Å²) < 4.78 is 0. The molecule has 0 unspecified atom stereocenters. The van der Waals surface area contributed by atoms with Gasteiger partial charge >= 0.3 is 0 Å². The first-order chi connectivity index (χ1) is 7.58. The molecule has 3 heteroatoms. The van der Waals surface area contributed by atoms with Crippen LogP contribution in [0.3, 0.4) is 0 Å².